The second kappa shape index (κ2) is 7.41. The Hall–Kier alpha value is -1.46. The van der Waals surface area contributed by atoms with Crippen LogP contribution in [0.15, 0.2) is 0 Å². The number of ketones is 1. The van der Waals surface area contributed by atoms with E-state index in [0.29, 0.717) is 6.42 Å². The summed E-state index contributed by atoms with van der Waals surface area (Å²) in [7, 11) is 0. The lowest BCUT2D eigenvalue weighted by atomic mass is 9.95. The Balaban J connectivity index is 2.53. The molecule has 0 radical (unpaired) electrons. The molecule has 126 valence electrons. The van der Waals surface area contributed by atoms with Crippen LogP contribution >= 0.6 is 23.2 Å². The molecule has 1 aliphatic rings. The van der Waals surface area contributed by atoms with Gasteiger partial charge in [0.1, 0.15) is 10.8 Å². The van der Waals surface area contributed by atoms with Crippen molar-refractivity contribution in [1.29, 1.82) is 0 Å². The number of ether oxygens (including phenoxy) is 1. The molecular weight excluding hydrogens is 343 g/mol. The van der Waals surface area contributed by atoms with E-state index in [-0.39, 0.29) is 40.9 Å². The summed E-state index contributed by atoms with van der Waals surface area (Å²) >= 11 is 11.9. The third-order valence-corrected chi connectivity index (χ3v) is 4.64. The van der Waals surface area contributed by atoms with E-state index in [2.05, 4.69) is 0 Å². The second-order valence-electron chi connectivity index (χ2n) is 5.68. The van der Waals surface area contributed by atoms with Crippen LogP contribution in [0, 0.1) is 0 Å². The highest BCUT2D eigenvalue weighted by atomic mass is 35.5. The summed E-state index contributed by atoms with van der Waals surface area (Å²) in [5.41, 5.74) is -0.0585. The lowest BCUT2D eigenvalue weighted by Gasteiger charge is -2.18. The number of aromatic hydroxyl groups is 2. The number of carbonyl (C=O) groups is 2. The van der Waals surface area contributed by atoms with Crippen LogP contribution in [0.4, 0.5) is 0 Å². The van der Waals surface area contributed by atoms with Crippen LogP contribution in [0.25, 0.3) is 0 Å². The smallest absolute Gasteiger partial charge is 0.310 e. The predicted octanol–water partition coefficient (Wildman–Crippen LogP) is 4.03. The fraction of sp³-hybridized carbons (Fsp3) is 0.500. The van der Waals surface area contributed by atoms with Crippen molar-refractivity contribution in [2.75, 3.05) is 0 Å². The van der Waals surface area contributed by atoms with Crippen LogP contribution in [-0.4, -0.2) is 28.1 Å². The Morgan fingerprint density at radius 2 is 1.74 bits per heavy atom. The van der Waals surface area contributed by atoms with E-state index in [4.69, 9.17) is 27.9 Å². The summed E-state index contributed by atoms with van der Waals surface area (Å²) in [5, 5.41) is 19.4. The van der Waals surface area contributed by atoms with Gasteiger partial charge in [-0.1, -0.05) is 29.6 Å². The Kier molecular flexibility index (Phi) is 5.76. The topological polar surface area (TPSA) is 83.8 Å². The molecule has 0 fully saturated rings. The molecule has 1 aromatic carbocycles. The Bertz CT molecular complexity index is 642. The van der Waals surface area contributed by atoms with Gasteiger partial charge in [-0.05, 0) is 26.2 Å². The van der Waals surface area contributed by atoms with E-state index in [1.807, 2.05) is 0 Å². The monoisotopic (exact) mass is 360 g/mol. The molecule has 1 aromatic rings. The lowest BCUT2D eigenvalue weighted by molar-refractivity contribution is -0.147. The number of halogens is 2. The van der Waals surface area contributed by atoms with Crippen LogP contribution in [0.1, 0.15) is 54.9 Å². The fourth-order valence-corrected chi connectivity index (χ4v) is 3.16. The van der Waals surface area contributed by atoms with Crippen molar-refractivity contribution in [3.63, 3.8) is 0 Å². The molecule has 1 aliphatic heterocycles. The SMILES string of the molecule is CC1CCCCCC(=O)c2c(O)c(Cl)c(O)c(Cl)c2CC(=O)O1. The molecule has 0 aliphatic carbocycles. The van der Waals surface area contributed by atoms with E-state index >= 15 is 0 Å². The van der Waals surface area contributed by atoms with Crippen LogP contribution in [-0.2, 0) is 16.0 Å². The maximum Gasteiger partial charge on any atom is 0.310 e. The van der Waals surface area contributed by atoms with E-state index in [1.165, 1.54) is 0 Å². The molecule has 0 aromatic heterocycles. The third-order valence-electron chi connectivity index (χ3n) is 3.87. The molecule has 2 N–H and O–H groups in total. The number of esters is 1. The minimum absolute atomic E-state index is 0.0499. The first-order valence-corrected chi connectivity index (χ1v) is 8.23. The van der Waals surface area contributed by atoms with Crippen molar-refractivity contribution >= 4 is 35.0 Å². The molecule has 2 rings (SSSR count). The minimum atomic E-state index is -0.574. The first-order chi connectivity index (χ1) is 10.8. The van der Waals surface area contributed by atoms with Crippen molar-refractivity contribution in [2.24, 2.45) is 0 Å². The van der Waals surface area contributed by atoms with Crippen LogP contribution in [0.5, 0.6) is 11.5 Å². The maximum atomic E-state index is 12.4. The van der Waals surface area contributed by atoms with Crippen molar-refractivity contribution in [3.8, 4) is 11.5 Å². The molecule has 0 spiro atoms. The Morgan fingerprint density at radius 3 is 2.43 bits per heavy atom. The van der Waals surface area contributed by atoms with Crippen LogP contribution in [0.3, 0.4) is 0 Å². The van der Waals surface area contributed by atoms with Gasteiger partial charge in [-0.2, -0.15) is 0 Å². The number of carbonyl (C=O) groups excluding carboxylic acids is 2. The number of fused-ring (bicyclic) bond motifs is 1. The van der Waals surface area contributed by atoms with Gasteiger partial charge < -0.3 is 14.9 Å². The van der Waals surface area contributed by atoms with Gasteiger partial charge in [-0.3, -0.25) is 9.59 Å². The summed E-state index contributed by atoms with van der Waals surface area (Å²) in [5.74, 6) is -2.03. The summed E-state index contributed by atoms with van der Waals surface area (Å²) in [6, 6.07) is 0. The first kappa shape index (κ1) is 17.9. The molecule has 0 saturated carbocycles. The molecule has 23 heavy (non-hydrogen) atoms. The summed E-state index contributed by atoms with van der Waals surface area (Å²) in [4.78, 5) is 24.5. The van der Waals surface area contributed by atoms with E-state index in [1.54, 1.807) is 6.92 Å². The molecular formula is C16H18Cl2O5. The van der Waals surface area contributed by atoms with Crippen molar-refractivity contribution in [3.05, 3.63) is 21.2 Å². The standard InChI is InChI=1S/C16H18Cl2O5/c1-8-5-3-2-4-6-10(19)12-9(7-11(20)23-8)13(17)16(22)14(18)15(12)21/h8,21-22H,2-7H2,1H3. The zero-order valence-corrected chi connectivity index (χ0v) is 14.2. The van der Waals surface area contributed by atoms with Gasteiger partial charge in [-0.15, -0.1) is 0 Å². The van der Waals surface area contributed by atoms with Gasteiger partial charge in [0.2, 0.25) is 0 Å². The quantitative estimate of drug-likeness (QED) is 0.682. The number of Topliss-reactive ketones (excluding diaryl/α,β-unsaturated/α-hetero) is 1. The lowest BCUT2D eigenvalue weighted by Crippen LogP contribution is -2.19. The van der Waals surface area contributed by atoms with Gasteiger partial charge >= 0.3 is 5.97 Å². The molecule has 7 heteroatoms. The minimum Gasteiger partial charge on any atom is -0.505 e. The van der Waals surface area contributed by atoms with Crippen molar-refractivity contribution in [1.82, 2.24) is 0 Å². The Labute approximate surface area is 144 Å². The number of phenols is 2. The van der Waals surface area contributed by atoms with Gasteiger partial charge in [0.05, 0.1) is 23.1 Å². The maximum absolute atomic E-state index is 12.4. The summed E-state index contributed by atoms with van der Waals surface area (Å²) in [6.45, 7) is 1.80. The van der Waals surface area contributed by atoms with Gasteiger partial charge in [-0.25, -0.2) is 0 Å². The number of hydrogen-bond acceptors (Lipinski definition) is 5. The molecule has 0 bridgehead atoms. The van der Waals surface area contributed by atoms with E-state index in [0.717, 1.165) is 19.3 Å². The zero-order chi connectivity index (χ0) is 17.1. The van der Waals surface area contributed by atoms with Gasteiger partial charge in [0.15, 0.2) is 11.5 Å². The number of cyclic esters (lactones) is 1. The van der Waals surface area contributed by atoms with E-state index in [9.17, 15) is 19.8 Å². The number of hydrogen-bond donors (Lipinski definition) is 2. The number of rotatable bonds is 0. The largest absolute Gasteiger partial charge is 0.505 e. The first-order valence-electron chi connectivity index (χ1n) is 7.47. The van der Waals surface area contributed by atoms with Gasteiger partial charge in [0, 0.05) is 12.0 Å². The summed E-state index contributed by atoms with van der Waals surface area (Å²) < 4.78 is 5.28. The molecule has 1 atom stereocenters. The fourth-order valence-electron chi connectivity index (χ4n) is 2.67. The normalized spacial score (nSPS) is 20.2. The zero-order valence-electron chi connectivity index (χ0n) is 12.7. The number of benzene rings is 1. The molecule has 0 saturated heterocycles. The van der Waals surface area contributed by atoms with Crippen molar-refractivity contribution in [2.45, 2.75) is 51.6 Å². The third kappa shape index (κ3) is 3.90. The second-order valence-corrected chi connectivity index (χ2v) is 6.43. The van der Waals surface area contributed by atoms with Crippen LogP contribution < -0.4 is 0 Å². The predicted molar refractivity (Wildman–Crippen MR) is 86.5 cm³/mol. The average Bonchev–Trinajstić information content (AvgIpc) is 2.49. The Morgan fingerprint density at radius 1 is 1.04 bits per heavy atom. The van der Waals surface area contributed by atoms with Crippen molar-refractivity contribution < 1.29 is 24.5 Å². The molecule has 1 heterocycles. The van der Waals surface area contributed by atoms with E-state index < -0.39 is 22.5 Å². The van der Waals surface area contributed by atoms with Crippen LogP contribution in [0.2, 0.25) is 10.0 Å². The highest BCUT2D eigenvalue weighted by molar-refractivity contribution is 6.39. The molecule has 5 nitrogen and oxygen atoms in total. The average molecular weight is 361 g/mol. The molecule has 1 unspecified atom stereocenters. The van der Waals surface area contributed by atoms with Gasteiger partial charge in [0.25, 0.3) is 0 Å². The highest BCUT2D eigenvalue weighted by Crippen LogP contribution is 2.45. The molecule has 0 amide bonds. The number of phenolic OH excluding ortho intramolecular Hbond substituents is 2. The highest BCUT2D eigenvalue weighted by Gasteiger charge is 2.28. The summed E-state index contributed by atoms with van der Waals surface area (Å²) in [6.07, 6.45) is 2.67.